The second kappa shape index (κ2) is 6.17. The zero-order chi connectivity index (χ0) is 12.9. The lowest BCUT2D eigenvalue weighted by Gasteiger charge is -2.36. The number of hydrogen-bond donors (Lipinski definition) is 3. The van der Waals surface area contributed by atoms with Crippen LogP contribution >= 0.6 is 0 Å². The van der Waals surface area contributed by atoms with E-state index in [1.54, 1.807) is 0 Å². The summed E-state index contributed by atoms with van der Waals surface area (Å²) in [6.45, 7) is 6.72. The molecule has 0 bridgehead atoms. The van der Waals surface area contributed by atoms with E-state index in [1.165, 1.54) is 32.1 Å². The minimum atomic E-state index is -0.0909. The average Bonchev–Trinajstić information content (AvgIpc) is 2.40. The van der Waals surface area contributed by atoms with Crippen molar-refractivity contribution in [2.75, 3.05) is 7.05 Å². The molecule has 1 unspecified atom stereocenters. The van der Waals surface area contributed by atoms with Gasteiger partial charge in [-0.15, -0.1) is 0 Å². The van der Waals surface area contributed by atoms with E-state index >= 15 is 0 Å². The zero-order valence-electron chi connectivity index (χ0n) is 12.0. The van der Waals surface area contributed by atoms with Gasteiger partial charge in [-0.2, -0.15) is 5.48 Å². The summed E-state index contributed by atoms with van der Waals surface area (Å²) in [7, 11) is 2.05. The summed E-state index contributed by atoms with van der Waals surface area (Å²) in [5.41, 5.74) is 2.65. The third-order valence-electron chi connectivity index (χ3n) is 4.76. The van der Waals surface area contributed by atoms with Crippen LogP contribution in [0.15, 0.2) is 0 Å². The maximum atomic E-state index is 9.34. The summed E-state index contributed by atoms with van der Waals surface area (Å²) in [6, 6.07) is 0. The quantitative estimate of drug-likeness (QED) is 0.666. The SMILES string of the molecule is CNC(C)(C)[C@H]1CCCCCC(C)(NO)CC1. The Hall–Kier alpha value is -0.120. The third-order valence-corrected chi connectivity index (χ3v) is 4.76. The minimum absolute atomic E-state index is 0.0909. The third kappa shape index (κ3) is 4.23. The smallest absolute Gasteiger partial charge is 0.0402 e. The van der Waals surface area contributed by atoms with Crippen molar-refractivity contribution < 1.29 is 5.21 Å². The van der Waals surface area contributed by atoms with Crippen LogP contribution in [0.3, 0.4) is 0 Å². The predicted molar refractivity (Wildman–Crippen MR) is 72.3 cm³/mol. The summed E-state index contributed by atoms with van der Waals surface area (Å²) in [4.78, 5) is 0. The Balaban J connectivity index is 2.68. The summed E-state index contributed by atoms with van der Waals surface area (Å²) >= 11 is 0. The summed E-state index contributed by atoms with van der Waals surface area (Å²) in [5.74, 6) is 0.693. The first kappa shape index (κ1) is 14.9. The van der Waals surface area contributed by atoms with Crippen LogP contribution in [0.25, 0.3) is 0 Å². The first-order valence-corrected chi connectivity index (χ1v) is 7.04. The van der Waals surface area contributed by atoms with Crippen LogP contribution in [0.1, 0.15) is 65.7 Å². The highest BCUT2D eigenvalue weighted by molar-refractivity contribution is 4.89. The van der Waals surface area contributed by atoms with Crippen LogP contribution in [0, 0.1) is 5.92 Å². The minimum Gasteiger partial charge on any atom is -0.316 e. The highest BCUT2D eigenvalue weighted by Gasteiger charge is 2.32. The van der Waals surface area contributed by atoms with E-state index < -0.39 is 0 Å². The van der Waals surface area contributed by atoms with Gasteiger partial charge in [-0.1, -0.05) is 19.3 Å². The Morgan fingerprint density at radius 3 is 2.41 bits per heavy atom. The molecule has 3 nitrogen and oxygen atoms in total. The van der Waals surface area contributed by atoms with E-state index in [-0.39, 0.29) is 11.1 Å². The van der Waals surface area contributed by atoms with Crippen molar-refractivity contribution in [2.45, 2.75) is 76.8 Å². The highest BCUT2D eigenvalue weighted by Crippen LogP contribution is 2.33. The molecule has 0 radical (unpaired) electrons. The van der Waals surface area contributed by atoms with Gasteiger partial charge >= 0.3 is 0 Å². The molecule has 0 aromatic carbocycles. The van der Waals surface area contributed by atoms with Crippen molar-refractivity contribution in [2.24, 2.45) is 5.92 Å². The van der Waals surface area contributed by atoms with Crippen molar-refractivity contribution in [3.63, 3.8) is 0 Å². The molecule has 1 aliphatic rings. The molecule has 0 aliphatic heterocycles. The van der Waals surface area contributed by atoms with E-state index in [9.17, 15) is 5.21 Å². The molecular formula is C14H30N2O. The van der Waals surface area contributed by atoms with Gasteiger partial charge in [-0.25, -0.2) is 0 Å². The molecule has 3 heteroatoms. The van der Waals surface area contributed by atoms with Gasteiger partial charge in [0.05, 0.1) is 0 Å². The van der Waals surface area contributed by atoms with Gasteiger partial charge in [0, 0.05) is 11.1 Å². The van der Waals surface area contributed by atoms with Crippen molar-refractivity contribution in [3.8, 4) is 0 Å². The molecule has 3 N–H and O–H groups in total. The normalized spacial score (nSPS) is 32.6. The van der Waals surface area contributed by atoms with Gasteiger partial charge in [0.15, 0.2) is 0 Å². The zero-order valence-corrected chi connectivity index (χ0v) is 12.0. The van der Waals surface area contributed by atoms with Gasteiger partial charge in [-0.05, 0) is 59.4 Å². The first-order valence-electron chi connectivity index (χ1n) is 7.04. The molecule has 0 amide bonds. The molecule has 0 aromatic rings. The van der Waals surface area contributed by atoms with Gasteiger partial charge in [0.2, 0.25) is 0 Å². The molecule has 1 saturated carbocycles. The number of nitrogens with one attached hydrogen (secondary N) is 2. The molecule has 0 saturated heterocycles. The topological polar surface area (TPSA) is 44.3 Å². The second-order valence-corrected chi connectivity index (χ2v) is 6.48. The summed E-state index contributed by atoms with van der Waals surface area (Å²) < 4.78 is 0. The maximum absolute atomic E-state index is 9.34. The molecule has 0 spiro atoms. The largest absolute Gasteiger partial charge is 0.316 e. The van der Waals surface area contributed by atoms with E-state index in [2.05, 4.69) is 38.6 Å². The molecule has 1 aliphatic carbocycles. The van der Waals surface area contributed by atoms with Crippen molar-refractivity contribution in [3.05, 3.63) is 0 Å². The highest BCUT2D eigenvalue weighted by atomic mass is 16.5. The van der Waals surface area contributed by atoms with Crippen LogP contribution in [0.2, 0.25) is 0 Å². The Kier molecular flexibility index (Phi) is 5.42. The standard InChI is InChI=1S/C14H30N2O/c1-13(2,15-4)12-8-6-5-7-10-14(3,16-17)11-9-12/h12,15-17H,5-11H2,1-4H3/t12-,14?/m0/s1. The summed E-state index contributed by atoms with van der Waals surface area (Å²) in [6.07, 6.45) is 8.43. The van der Waals surface area contributed by atoms with Gasteiger partial charge in [0.25, 0.3) is 0 Å². The second-order valence-electron chi connectivity index (χ2n) is 6.48. The lowest BCUT2D eigenvalue weighted by molar-refractivity contribution is 0.0533. The lowest BCUT2D eigenvalue weighted by atomic mass is 9.78. The Morgan fingerprint density at radius 1 is 1.12 bits per heavy atom. The summed E-state index contributed by atoms with van der Waals surface area (Å²) in [5, 5.41) is 12.8. The molecule has 1 fully saturated rings. The molecule has 0 heterocycles. The molecule has 0 aromatic heterocycles. The van der Waals surface area contributed by atoms with E-state index in [0.717, 1.165) is 12.8 Å². The van der Waals surface area contributed by atoms with E-state index in [0.29, 0.717) is 5.92 Å². The van der Waals surface area contributed by atoms with Crippen molar-refractivity contribution in [1.82, 2.24) is 10.8 Å². The molecule has 1 rings (SSSR count). The van der Waals surface area contributed by atoms with Gasteiger partial charge in [-0.3, -0.25) is 0 Å². The maximum Gasteiger partial charge on any atom is 0.0402 e. The van der Waals surface area contributed by atoms with E-state index in [4.69, 9.17) is 0 Å². The fourth-order valence-electron chi connectivity index (χ4n) is 2.88. The molecule has 17 heavy (non-hydrogen) atoms. The van der Waals surface area contributed by atoms with Crippen molar-refractivity contribution >= 4 is 0 Å². The Labute approximate surface area is 106 Å². The number of hydroxylamine groups is 1. The van der Waals surface area contributed by atoms with Crippen LogP contribution in [0.4, 0.5) is 0 Å². The predicted octanol–water partition coefficient (Wildman–Crippen LogP) is 3.08. The molecular weight excluding hydrogens is 212 g/mol. The fraction of sp³-hybridized carbons (Fsp3) is 1.00. The fourth-order valence-corrected chi connectivity index (χ4v) is 2.88. The number of rotatable bonds is 3. The van der Waals surface area contributed by atoms with Gasteiger partial charge in [0.1, 0.15) is 0 Å². The average molecular weight is 242 g/mol. The first-order chi connectivity index (χ1) is 7.93. The van der Waals surface area contributed by atoms with Crippen molar-refractivity contribution in [1.29, 1.82) is 0 Å². The Morgan fingerprint density at radius 2 is 1.82 bits per heavy atom. The van der Waals surface area contributed by atoms with Crippen LogP contribution in [-0.4, -0.2) is 23.3 Å². The molecule has 2 atom stereocenters. The van der Waals surface area contributed by atoms with Crippen LogP contribution in [0.5, 0.6) is 0 Å². The number of hydrogen-bond acceptors (Lipinski definition) is 3. The van der Waals surface area contributed by atoms with Crippen LogP contribution in [-0.2, 0) is 0 Å². The monoisotopic (exact) mass is 242 g/mol. The van der Waals surface area contributed by atoms with Gasteiger partial charge < -0.3 is 10.5 Å². The molecule has 102 valence electrons. The Bertz CT molecular complexity index is 230. The van der Waals surface area contributed by atoms with E-state index in [1.807, 2.05) is 0 Å². The lowest BCUT2D eigenvalue weighted by Crippen LogP contribution is -2.46. The van der Waals surface area contributed by atoms with Crippen LogP contribution < -0.4 is 10.8 Å².